The van der Waals surface area contributed by atoms with Gasteiger partial charge in [-0.05, 0) is 55.1 Å². The van der Waals surface area contributed by atoms with Crippen molar-refractivity contribution in [3.05, 3.63) is 53.8 Å². The van der Waals surface area contributed by atoms with Crippen LogP contribution in [-0.4, -0.2) is 72.4 Å². The average molecular weight is 468 g/mol. The summed E-state index contributed by atoms with van der Waals surface area (Å²) in [5, 5.41) is 0. The van der Waals surface area contributed by atoms with Gasteiger partial charge in [-0.25, -0.2) is 4.39 Å². The van der Waals surface area contributed by atoms with E-state index in [1.54, 1.807) is 20.1 Å². The third-order valence-corrected chi connectivity index (χ3v) is 6.96. The summed E-state index contributed by atoms with van der Waals surface area (Å²) in [5.41, 5.74) is 2.74. The fourth-order valence-electron chi connectivity index (χ4n) is 5.05. The first-order valence-corrected chi connectivity index (χ1v) is 12.2. The van der Waals surface area contributed by atoms with E-state index < -0.39 is 0 Å². The fraction of sp³-hybridized carbons (Fsp3) is 0.481. The van der Waals surface area contributed by atoms with Crippen LogP contribution >= 0.6 is 0 Å². The van der Waals surface area contributed by atoms with Gasteiger partial charge in [-0.2, -0.15) is 0 Å². The van der Waals surface area contributed by atoms with Crippen LogP contribution in [0.5, 0.6) is 5.75 Å². The second-order valence-electron chi connectivity index (χ2n) is 9.21. The number of ether oxygens (including phenoxy) is 1. The standard InChI is InChI=1S/C27H34FN3O3/c1-20(32)29-14-5-15-30(17-16-29)27(33)25-6-3-4-13-31(25)19-21-7-9-22(10-8-21)24-18-23(28)11-12-26(24)34-2/h7-12,18,25H,3-6,13-17,19H2,1-2H3. The summed E-state index contributed by atoms with van der Waals surface area (Å²) in [4.78, 5) is 31.3. The SMILES string of the molecule is COc1ccc(F)cc1-c1ccc(CN2CCCCC2C(=O)N2CCCN(C(C)=O)CC2)cc1. The zero-order chi connectivity index (χ0) is 24.1. The summed E-state index contributed by atoms with van der Waals surface area (Å²) in [6, 6.07) is 12.5. The first-order chi connectivity index (χ1) is 16.5. The van der Waals surface area contributed by atoms with Crippen LogP contribution in [0.1, 0.15) is 38.2 Å². The Morgan fingerprint density at radius 3 is 2.41 bits per heavy atom. The molecule has 2 fully saturated rings. The van der Waals surface area contributed by atoms with E-state index in [1.807, 2.05) is 34.1 Å². The van der Waals surface area contributed by atoms with E-state index in [0.29, 0.717) is 31.9 Å². The Hall–Kier alpha value is -2.93. The van der Waals surface area contributed by atoms with Gasteiger partial charge in [0, 0.05) is 45.2 Å². The van der Waals surface area contributed by atoms with E-state index in [2.05, 4.69) is 4.90 Å². The number of carbonyl (C=O) groups excluding carboxylic acids is 2. The topological polar surface area (TPSA) is 53.1 Å². The first kappa shape index (κ1) is 24.2. The van der Waals surface area contributed by atoms with Crippen molar-refractivity contribution in [1.29, 1.82) is 0 Å². The minimum atomic E-state index is -0.297. The van der Waals surface area contributed by atoms with Gasteiger partial charge in [-0.3, -0.25) is 14.5 Å². The molecular formula is C27H34FN3O3. The summed E-state index contributed by atoms with van der Waals surface area (Å²) < 4.78 is 19.2. The highest BCUT2D eigenvalue weighted by Crippen LogP contribution is 2.31. The maximum Gasteiger partial charge on any atom is 0.239 e. The molecule has 182 valence electrons. The van der Waals surface area contributed by atoms with E-state index in [-0.39, 0.29) is 23.7 Å². The Morgan fingerprint density at radius 2 is 1.68 bits per heavy atom. The van der Waals surface area contributed by atoms with Crippen LogP contribution in [0, 0.1) is 5.82 Å². The Bertz CT molecular complexity index is 1010. The van der Waals surface area contributed by atoms with Crippen molar-refractivity contribution in [1.82, 2.24) is 14.7 Å². The molecule has 2 saturated heterocycles. The summed E-state index contributed by atoms with van der Waals surface area (Å²) in [7, 11) is 1.58. The van der Waals surface area contributed by atoms with Crippen molar-refractivity contribution in [2.45, 2.75) is 45.2 Å². The number of hydrogen-bond acceptors (Lipinski definition) is 4. The van der Waals surface area contributed by atoms with Crippen molar-refractivity contribution in [2.75, 3.05) is 39.8 Å². The summed E-state index contributed by atoms with van der Waals surface area (Å²) in [6.45, 7) is 5.82. The second kappa shape index (κ2) is 11.0. The minimum Gasteiger partial charge on any atom is -0.496 e. The van der Waals surface area contributed by atoms with E-state index in [0.717, 1.165) is 55.5 Å². The molecule has 2 aromatic rings. The lowest BCUT2D eigenvalue weighted by Crippen LogP contribution is -2.51. The predicted octanol–water partition coefficient (Wildman–Crippen LogP) is 3.94. The van der Waals surface area contributed by atoms with Gasteiger partial charge in [0.1, 0.15) is 11.6 Å². The molecule has 2 amide bonds. The summed E-state index contributed by atoms with van der Waals surface area (Å²) >= 11 is 0. The third-order valence-electron chi connectivity index (χ3n) is 6.96. The molecule has 4 rings (SSSR count). The molecule has 2 heterocycles. The van der Waals surface area contributed by atoms with E-state index in [9.17, 15) is 14.0 Å². The number of benzene rings is 2. The lowest BCUT2D eigenvalue weighted by atomic mass is 9.98. The number of methoxy groups -OCH3 is 1. The number of hydrogen-bond donors (Lipinski definition) is 0. The molecular weight excluding hydrogens is 433 g/mol. The van der Waals surface area contributed by atoms with E-state index >= 15 is 0 Å². The van der Waals surface area contributed by atoms with Crippen LogP contribution < -0.4 is 4.74 Å². The van der Waals surface area contributed by atoms with Crippen molar-refractivity contribution >= 4 is 11.8 Å². The zero-order valence-corrected chi connectivity index (χ0v) is 20.1. The lowest BCUT2D eigenvalue weighted by molar-refractivity contribution is -0.139. The monoisotopic (exact) mass is 467 g/mol. The normalized spacial score (nSPS) is 19.6. The quantitative estimate of drug-likeness (QED) is 0.669. The van der Waals surface area contributed by atoms with Gasteiger partial charge in [0.25, 0.3) is 0 Å². The molecule has 34 heavy (non-hydrogen) atoms. The number of halogens is 1. The Kier molecular flexibility index (Phi) is 7.83. The first-order valence-electron chi connectivity index (χ1n) is 12.2. The molecule has 6 nitrogen and oxygen atoms in total. The van der Waals surface area contributed by atoms with Crippen molar-refractivity contribution in [2.24, 2.45) is 0 Å². The van der Waals surface area contributed by atoms with Crippen LogP contribution in [0.25, 0.3) is 11.1 Å². The number of piperidine rings is 1. The molecule has 0 aliphatic carbocycles. The maximum atomic E-state index is 13.8. The van der Waals surface area contributed by atoms with Crippen molar-refractivity contribution in [3.8, 4) is 16.9 Å². The number of likely N-dealkylation sites (tertiary alicyclic amines) is 1. The highest BCUT2D eigenvalue weighted by molar-refractivity contribution is 5.82. The van der Waals surface area contributed by atoms with Crippen LogP contribution in [0.2, 0.25) is 0 Å². The Balaban J connectivity index is 1.44. The van der Waals surface area contributed by atoms with Gasteiger partial charge in [-0.15, -0.1) is 0 Å². The van der Waals surface area contributed by atoms with Crippen LogP contribution in [0.15, 0.2) is 42.5 Å². The van der Waals surface area contributed by atoms with E-state index in [1.165, 1.54) is 12.1 Å². The molecule has 0 radical (unpaired) electrons. The van der Waals surface area contributed by atoms with Gasteiger partial charge in [0.15, 0.2) is 0 Å². The molecule has 2 aliphatic heterocycles. The molecule has 7 heteroatoms. The Labute approximate surface area is 201 Å². The third kappa shape index (κ3) is 5.58. The highest BCUT2D eigenvalue weighted by atomic mass is 19.1. The molecule has 0 aromatic heterocycles. The summed E-state index contributed by atoms with van der Waals surface area (Å²) in [6.07, 6.45) is 3.83. The molecule has 2 aromatic carbocycles. The van der Waals surface area contributed by atoms with Crippen LogP contribution in [-0.2, 0) is 16.1 Å². The van der Waals surface area contributed by atoms with Gasteiger partial charge in [-0.1, -0.05) is 30.7 Å². The van der Waals surface area contributed by atoms with Crippen molar-refractivity contribution in [3.63, 3.8) is 0 Å². The van der Waals surface area contributed by atoms with Gasteiger partial charge in [0.05, 0.1) is 13.2 Å². The molecule has 0 saturated carbocycles. The van der Waals surface area contributed by atoms with E-state index in [4.69, 9.17) is 4.74 Å². The summed E-state index contributed by atoms with van der Waals surface area (Å²) in [5.74, 6) is 0.602. The fourth-order valence-corrected chi connectivity index (χ4v) is 5.05. The molecule has 0 bridgehead atoms. The van der Waals surface area contributed by atoms with Gasteiger partial charge >= 0.3 is 0 Å². The predicted molar refractivity (Wildman–Crippen MR) is 130 cm³/mol. The van der Waals surface area contributed by atoms with Crippen molar-refractivity contribution < 1.29 is 18.7 Å². The Morgan fingerprint density at radius 1 is 0.941 bits per heavy atom. The maximum absolute atomic E-state index is 13.8. The van der Waals surface area contributed by atoms with Gasteiger partial charge < -0.3 is 14.5 Å². The van der Waals surface area contributed by atoms with Crippen LogP contribution in [0.4, 0.5) is 4.39 Å². The zero-order valence-electron chi connectivity index (χ0n) is 20.1. The molecule has 1 unspecified atom stereocenters. The minimum absolute atomic E-state index is 0.0768. The lowest BCUT2D eigenvalue weighted by Gasteiger charge is -2.37. The molecule has 1 atom stereocenters. The number of carbonyl (C=O) groups is 2. The molecule has 0 spiro atoms. The van der Waals surface area contributed by atoms with Gasteiger partial charge in [0.2, 0.25) is 11.8 Å². The smallest absolute Gasteiger partial charge is 0.239 e. The highest BCUT2D eigenvalue weighted by Gasteiger charge is 2.32. The number of amides is 2. The number of nitrogens with zero attached hydrogens (tertiary/aromatic N) is 3. The average Bonchev–Trinajstić information content (AvgIpc) is 3.11. The molecule has 0 N–H and O–H groups in total. The number of rotatable bonds is 5. The van der Waals surface area contributed by atoms with Crippen LogP contribution in [0.3, 0.4) is 0 Å². The second-order valence-corrected chi connectivity index (χ2v) is 9.21. The molecule has 2 aliphatic rings. The largest absolute Gasteiger partial charge is 0.496 e.